The van der Waals surface area contributed by atoms with E-state index in [1.54, 1.807) is 32.4 Å². The van der Waals surface area contributed by atoms with Crippen LogP contribution >= 0.6 is 0 Å². The van der Waals surface area contributed by atoms with Gasteiger partial charge < -0.3 is 9.88 Å². The lowest BCUT2D eigenvalue weighted by Gasteiger charge is -2.10. The highest BCUT2D eigenvalue weighted by Gasteiger charge is 2.30. The SMILES string of the molecule is Cc1nn(-c2cccc(C(F)(F)F)c2)c(C)c1CC(=O)NCc1cccc(Cn2ccnc2)c1. The van der Waals surface area contributed by atoms with Crippen molar-refractivity contribution in [2.75, 3.05) is 0 Å². The van der Waals surface area contributed by atoms with Crippen LogP contribution in [-0.2, 0) is 30.5 Å². The van der Waals surface area contributed by atoms with E-state index in [4.69, 9.17) is 0 Å². The number of aromatic nitrogens is 4. The van der Waals surface area contributed by atoms with E-state index >= 15 is 0 Å². The van der Waals surface area contributed by atoms with E-state index in [0.29, 0.717) is 35.7 Å². The fourth-order valence-corrected chi connectivity index (χ4v) is 3.85. The van der Waals surface area contributed by atoms with Crippen LogP contribution in [0.3, 0.4) is 0 Å². The molecule has 0 bridgehead atoms. The lowest BCUT2D eigenvalue weighted by molar-refractivity contribution is -0.137. The van der Waals surface area contributed by atoms with Crippen molar-refractivity contribution >= 4 is 5.91 Å². The Bertz CT molecular complexity index is 1290. The summed E-state index contributed by atoms with van der Waals surface area (Å²) in [6, 6.07) is 12.9. The molecule has 0 aliphatic rings. The number of hydrogen-bond acceptors (Lipinski definition) is 3. The first-order valence-corrected chi connectivity index (χ1v) is 10.7. The predicted molar refractivity (Wildman–Crippen MR) is 121 cm³/mol. The summed E-state index contributed by atoms with van der Waals surface area (Å²) in [5.74, 6) is -0.185. The second-order valence-corrected chi connectivity index (χ2v) is 8.12. The van der Waals surface area contributed by atoms with Gasteiger partial charge in [0.25, 0.3) is 0 Å². The molecule has 2 heterocycles. The first-order chi connectivity index (χ1) is 16.2. The van der Waals surface area contributed by atoms with E-state index < -0.39 is 11.7 Å². The van der Waals surface area contributed by atoms with Gasteiger partial charge in [-0.2, -0.15) is 18.3 Å². The summed E-state index contributed by atoms with van der Waals surface area (Å²) in [5.41, 5.74) is 3.56. The molecule has 0 fully saturated rings. The average molecular weight is 467 g/mol. The molecule has 0 aliphatic carbocycles. The fraction of sp³-hybridized carbons (Fsp3) is 0.240. The fourth-order valence-electron chi connectivity index (χ4n) is 3.85. The lowest BCUT2D eigenvalue weighted by Crippen LogP contribution is -2.25. The molecule has 0 spiro atoms. The minimum atomic E-state index is -4.44. The summed E-state index contributed by atoms with van der Waals surface area (Å²) in [4.78, 5) is 16.7. The van der Waals surface area contributed by atoms with Crippen LogP contribution < -0.4 is 5.32 Å². The van der Waals surface area contributed by atoms with E-state index in [1.165, 1.54) is 10.7 Å². The molecule has 0 radical (unpaired) electrons. The van der Waals surface area contributed by atoms with Crippen LogP contribution in [0, 0.1) is 13.8 Å². The number of halogens is 3. The number of rotatable bonds is 7. The summed E-state index contributed by atoms with van der Waals surface area (Å²) >= 11 is 0. The monoisotopic (exact) mass is 467 g/mol. The highest BCUT2D eigenvalue weighted by Crippen LogP contribution is 2.31. The molecule has 0 aliphatic heterocycles. The van der Waals surface area contributed by atoms with Crippen molar-refractivity contribution in [1.82, 2.24) is 24.6 Å². The van der Waals surface area contributed by atoms with Crippen molar-refractivity contribution in [2.24, 2.45) is 0 Å². The Hall–Kier alpha value is -3.88. The number of imidazole rings is 1. The average Bonchev–Trinajstić information content (AvgIpc) is 3.41. The number of alkyl halides is 3. The molecule has 0 saturated carbocycles. The van der Waals surface area contributed by atoms with Gasteiger partial charge in [-0.05, 0) is 43.2 Å². The number of carbonyl (C=O) groups is 1. The Morgan fingerprint density at radius 3 is 2.56 bits per heavy atom. The number of aryl methyl sites for hydroxylation is 1. The zero-order valence-electron chi connectivity index (χ0n) is 18.8. The molecule has 2 aromatic heterocycles. The third kappa shape index (κ3) is 5.36. The summed E-state index contributed by atoms with van der Waals surface area (Å²) in [6.07, 6.45) is 1.01. The van der Waals surface area contributed by atoms with Crippen molar-refractivity contribution in [1.29, 1.82) is 0 Å². The van der Waals surface area contributed by atoms with Gasteiger partial charge in [-0.15, -0.1) is 0 Å². The number of carbonyl (C=O) groups excluding carboxylic acids is 1. The van der Waals surface area contributed by atoms with Crippen LogP contribution in [0.5, 0.6) is 0 Å². The van der Waals surface area contributed by atoms with Gasteiger partial charge in [-0.1, -0.05) is 30.3 Å². The molecule has 4 aromatic rings. The molecule has 0 unspecified atom stereocenters. The molecule has 0 atom stereocenters. The predicted octanol–water partition coefficient (Wildman–Crippen LogP) is 4.61. The molecule has 9 heteroatoms. The summed E-state index contributed by atoms with van der Waals surface area (Å²) in [6.45, 7) is 4.56. The Morgan fingerprint density at radius 1 is 1.06 bits per heavy atom. The van der Waals surface area contributed by atoms with Crippen LogP contribution in [0.2, 0.25) is 0 Å². The zero-order valence-corrected chi connectivity index (χ0v) is 18.8. The third-order valence-corrected chi connectivity index (χ3v) is 5.60. The Kier molecular flexibility index (Phi) is 6.54. The van der Waals surface area contributed by atoms with Crippen molar-refractivity contribution in [2.45, 2.75) is 39.5 Å². The lowest BCUT2D eigenvalue weighted by atomic mass is 10.1. The van der Waals surface area contributed by atoms with Crippen molar-refractivity contribution in [3.63, 3.8) is 0 Å². The maximum absolute atomic E-state index is 13.1. The van der Waals surface area contributed by atoms with Crippen LogP contribution in [0.1, 0.15) is 33.6 Å². The van der Waals surface area contributed by atoms with Gasteiger partial charge in [0, 0.05) is 36.7 Å². The minimum absolute atomic E-state index is 0.0886. The zero-order chi connectivity index (χ0) is 24.3. The van der Waals surface area contributed by atoms with Gasteiger partial charge in [-0.3, -0.25) is 4.79 Å². The molecule has 6 nitrogen and oxygen atoms in total. The highest BCUT2D eigenvalue weighted by molar-refractivity contribution is 5.79. The van der Waals surface area contributed by atoms with E-state index in [0.717, 1.165) is 23.3 Å². The Balaban J connectivity index is 1.43. The molecule has 0 saturated heterocycles. The second-order valence-electron chi connectivity index (χ2n) is 8.12. The summed E-state index contributed by atoms with van der Waals surface area (Å²) in [5, 5.41) is 7.31. The number of amides is 1. The van der Waals surface area contributed by atoms with Crippen LogP contribution in [-0.4, -0.2) is 25.2 Å². The summed E-state index contributed by atoms with van der Waals surface area (Å²) < 4.78 is 42.7. The maximum atomic E-state index is 13.1. The first-order valence-electron chi connectivity index (χ1n) is 10.7. The minimum Gasteiger partial charge on any atom is -0.352 e. The van der Waals surface area contributed by atoms with E-state index in [-0.39, 0.29) is 12.3 Å². The van der Waals surface area contributed by atoms with Crippen molar-refractivity contribution in [3.8, 4) is 5.69 Å². The standard InChI is InChI=1S/C25H24F3N5O/c1-17-23(18(2)33(31-17)22-8-4-7-21(12-22)25(26,27)28)13-24(34)30-14-19-5-3-6-20(11-19)15-32-10-9-29-16-32/h3-12,16H,13-15H2,1-2H3,(H,30,34). The second kappa shape index (κ2) is 9.54. The Labute approximate surface area is 195 Å². The van der Waals surface area contributed by atoms with Gasteiger partial charge in [0.2, 0.25) is 5.91 Å². The smallest absolute Gasteiger partial charge is 0.352 e. The largest absolute Gasteiger partial charge is 0.416 e. The molecule has 34 heavy (non-hydrogen) atoms. The van der Waals surface area contributed by atoms with Gasteiger partial charge in [0.15, 0.2) is 0 Å². The van der Waals surface area contributed by atoms with Crippen LogP contribution in [0.4, 0.5) is 13.2 Å². The van der Waals surface area contributed by atoms with Crippen molar-refractivity contribution < 1.29 is 18.0 Å². The third-order valence-electron chi connectivity index (χ3n) is 5.60. The number of nitrogens with zero attached hydrogens (tertiary/aromatic N) is 4. The van der Waals surface area contributed by atoms with Crippen LogP contribution in [0.25, 0.3) is 5.69 Å². The number of hydrogen-bond donors (Lipinski definition) is 1. The molecular formula is C25H24F3N5O. The van der Waals surface area contributed by atoms with Gasteiger partial charge in [0.1, 0.15) is 0 Å². The molecule has 4 rings (SSSR count). The van der Waals surface area contributed by atoms with Gasteiger partial charge >= 0.3 is 6.18 Å². The van der Waals surface area contributed by atoms with E-state index in [1.807, 2.05) is 35.0 Å². The van der Waals surface area contributed by atoms with E-state index in [9.17, 15) is 18.0 Å². The molecule has 176 valence electrons. The quantitative estimate of drug-likeness (QED) is 0.432. The maximum Gasteiger partial charge on any atom is 0.416 e. The number of nitrogens with one attached hydrogen (secondary N) is 1. The number of benzene rings is 2. The molecule has 1 N–H and O–H groups in total. The summed E-state index contributed by atoms with van der Waals surface area (Å²) in [7, 11) is 0. The van der Waals surface area contributed by atoms with Crippen molar-refractivity contribution in [3.05, 3.63) is 101 Å². The van der Waals surface area contributed by atoms with Gasteiger partial charge in [0.05, 0.1) is 29.7 Å². The first kappa shape index (κ1) is 23.3. The normalized spacial score (nSPS) is 11.6. The molecule has 2 aromatic carbocycles. The van der Waals surface area contributed by atoms with Gasteiger partial charge in [-0.25, -0.2) is 9.67 Å². The Morgan fingerprint density at radius 2 is 1.82 bits per heavy atom. The molecule has 1 amide bonds. The molecular weight excluding hydrogens is 443 g/mol. The topological polar surface area (TPSA) is 64.7 Å². The van der Waals surface area contributed by atoms with Crippen LogP contribution in [0.15, 0.2) is 67.3 Å². The van der Waals surface area contributed by atoms with E-state index in [2.05, 4.69) is 15.4 Å². The highest BCUT2D eigenvalue weighted by atomic mass is 19.4.